The van der Waals surface area contributed by atoms with Gasteiger partial charge in [-0.2, -0.15) is 0 Å². The molecule has 1 aliphatic heterocycles. The van der Waals surface area contributed by atoms with Gasteiger partial charge >= 0.3 is 0 Å². The molecule has 0 radical (unpaired) electrons. The van der Waals surface area contributed by atoms with Crippen LogP contribution < -0.4 is 4.74 Å². The molecule has 17 heavy (non-hydrogen) atoms. The van der Waals surface area contributed by atoms with E-state index in [1.807, 2.05) is 6.07 Å². The van der Waals surface area contributed by atoms with Crippen LogP contribution in [0.25, 0.3) is 0 Å². The molecule has 0 bridgehead atoms. The summed E-state index contributed by atoms with van der Waals surface area (Å²) in [7, 11) is 0. The molecule has 1 atom stereocenters. The van der Waals surface area contributed by atoms with Crippen molar-refractivity contribution in [3.8, 4) is 5.75 Å². The van der Waals surface area contributed by atoms with E-state index in [-0.39, 0.29) is 0 Å². The fourth-order valence-corrected chi connectivity index (χ4v) is 2.40. The van der Waals surface area contributed by atoms with Crippen LogP contribution in [-0.2, 0) is 12.8 Å². The summed E-state index contributed by atoms with van der Waals surface area (Å²) in [6, 6.07) is 18.9. The fourth-order valence-electron chi connectivity index (χ4n) is 2.40. The summed E-state index contributed by atoms with van der Waals surface area (Å²) in [6.45, 7) is 0. The molecule has 1 nitrogen and oxygen atoms in total. The van der Waals surface area contributed by atoms with Crippen molar-refractivity contribution in [3.63, 3.8) is 0 Å². The Morgan fingerprint density at radius 3 is 2.59 bits per heavy atom. The zero-order valence-electron chi connectivity index (χ0n) is 9.80. The van der Waals surface area contributed by atoms with Gasteiger partial charge in [-0.25, -0.2) is 0 Å². The monoisotopic (exact) mass is 224 g/mol. The summed E-state index contributed by atoms with van der Waals surface area (Å²) in [5.74, 6) is 1.07. The van der Waals surface area contributed by atoms with Crippen LogP contribution in [-0.4, -0.2) is 6.10 Å². The quantitative estimate of drug-likeness (QED) is 0.757. The van der Waals surface area contributed by atoms with Gasteiger partial charge in [0.05, 0.1) is 0 Å². The molecule has 0 saturated carbocycles. The fraction of sp³-hybridized carbons (Fsp3) is 0.250. The van der Waals surface area contributed by atoms with Gasteiger partial charge in [0.25, 0.3) is 0 Å². The lowest BCUT2D eigenvalue weighted by molar-refractivity contribution is 0.174. The van der Waals surface area contributed by atoms with Gasteiger partial charge in [-0.05, 0) is 30.0 Å². The second-order valence-corrected chi connectivity index (χ2v) is 4.58. The molecule has 0 unspecified atom stereocenters. The number of benzene rings is 2. The second-order valence-electron chi connectivity index (χ2n) is 4.58. The summed E-state index contributed by atoms with van der Waals surface area (Å²) in [5, 5.41) is 0. The third kappa shape index (κ3) is 2.33. The van der Waals surface area contributed by atoms with Crippen molar-refractivity contribution in [3.05, 3.63) is 65.7 Å². The molecular weight excluding hydrogens is 208 g/mol. The zero-order chi connectivity index (χ0) is 11.5. The average molecular weight is 224 g/mol. The molecular formula is C16H16O. The van der Waals surface area contributed by atoms with Gasteiger partial charge in [-0.1, -0.05) is 48.5 Å². The number of hydrogen-bond acceptors (Lipinski definition) is 1. The van der Waals surface area contributed by atoms with Gasteiger partial charge in [-0.3, -0.25) is 0 Å². The molecule has 0 saturated heterocycles. The van der Waals surface area contributed by atoms with Gasteiger partial charge < -0.3 is 4.74 Å². The van der Waals surface area contributed by atoms with E-state index < -0.39 is 0 Å². The first kappa shape index (κ1) is 10.4. The highest BCUT2D eigenvalue weighted by Gasteiger charge is 2.19. The smallest absolute Gasteiger partial charge is 0.122 e. The SMILES string of the molecule is c1ccc(C[C@@H]2CCc3ccccc3O2)cc1. The molecule has 0 fully saturated rings. The van der Waals surface area contributed by atoms with Crippen LogP contribution in [0.2, 0.25) is 0 Å². The van der Waals surface area contributed by atoms with Crippen molar-refractivity contribution in [2.75, 3.05) is 0 Å². The molecule has 2 aromatic rings. The largest absolute Gasteiger partial charge is 0.490 e. The Kier molecular flexibility index (Phi) is 2.83. The zero-order valence-corrected chi connectivity index (χ0v) is 9.80. The Bertz CT molecular complexity index is 490. The summed E-state index contributed by atoms with van der Waals surface area (Å²) >= 11 is 0. The third-order valence-corrected chi connectivity index (χ3v) is 3.31. The van der Waals surface area contributed by atoms with Crippen molar-refractivity contribution in [1.82, 2.24) is 0 Å². The van der Waals surface area contributed by atoms with Crippen molar-refractivity contribution < 1.29 is 4.74 Å². The van der Waals surface area contributed by atoms with Crippen LogP contribution in [0.1, 0.15) is 17.5 Å². The van der Waals surface area contributed by atoms with E-state index in [0.29, 0.717) is 6.10 Å². The highest BCUT2D eigenvalue weighted by atomic mass is 16.5. The van der Waals surface area contributed by atoms with Crippen LogP contribution in [0.5, 0.6) is 5.75 Å². The molecule has 1 heterocycles. The van der Waals surface area contributed by atoms with Crippen molar-refractivity contribution in [2.24, 2.45) is 0 Å². The van der Waals surface area contributed by atoms with Gasteiger partial charge in [-0.15, -0.1) is 0 Å². The van der Waals surface area contributed by atoms with E-state index in [9.17, 15) is 0 Å². The predicted octanol–water partition coefficient (Wildman–Crippen LogP) is 3.62. The number of fused-ring (bicyclic) bond motifs is 1. The molecule has 1 heteroatoms. The maximum atomic E-state index is 6.04. The highest BCUT2D eigenvalue weighted by molar-refractivity contribution is 5.35. The van der Waals surface area contributed by atoms with Gasteiger partial charge in [0.1, 0.15) is 11.9 Å². The Balaban J connectivity index is 1.72. The lowest BCUT2D eigenvalue weighted by Gasteiger charge is -2.26. The van der Waals surface area contributed by atoms with E-state index in [0.717, 1.165) is 25.0 Å². The van der Waals surface area contributed by atoms with Crippen molar-refractivity contribution >= 4 is 0 Å². The maximum Gasteiger partial charge on any atom is 0.122 e. The first-order valence-corrected chi connectivity index (χ1v) is 6.20. The minimum Gasteiger partial charge on any atom is -0.490 e. The summed E-state index contributed by atoms with van der Waals surface area (Å²) in [5.41, 5.74) is 2.70. The van der Waals surface area contributed by atoms with Gasteiger partial charge in [0.15, 0.2) is 0 Å². The first-order chi connectivity index (χ1) is 8.42. The van der Waals surface area contributed by atoms with Crippen molar-refractivity contribution in [2.45, 2.75) is 25.4 Å². The summed E-state index contributed by atoms with van der Waals surface area (Å²) < 4.78 is 6.04. The van der Waals surface area contributed by atoms with Crippen LogP contribution >= 0.6 is 0 Å². The molecule has 0 aliphatic carbocycles. The van der Waals surface area contributed by atoms with E-state index in [2.05, 4.69) is 48.5 Å². The van der Waals surface area contributed by atoms with E-state index in [4.69, 9.17) is 4.74 Å². The molecule has 1 aliphatic rings. The normalized spacial score (nSPS) is 18.2. The number of para-hydroxylation sites is 1. The van der Waals surface area contributed by atoms with E-state index in [1.165, 1.54) is 11.1 Å². The molecule has 0 spiro atoms. The number of rotatable bonds is 2. The van der Waals surface area contributed by atoms with Crippen LogP contribution in [0.15, 0.2) is 54.6 Å². The third-order valence-electron chi connectivity index (χ3n) is 3.31. The molecule has 0 aromatic heterocycles. The van der Waals surface area contributed by atoms with Crippen LogP contribution in [0.3, 0.4) is 0 Å². The van der Waals surface area contributed by atoms with Gasteiger partial charge in [0.2, 0.25) is 0 Å². The lowest BCUT2D eigenvalue weighted by Crippen LogP contribution is -2.24. The topological polar surface area (TPSA) is 9.23 Å². The Hall–Kier alpha value is -1.76. The van der Waals surface area contributed by atoms with Crippen molar-refractivity contribution in [1.29, 1.82) is 0 Å². The second kappa shape index (κ2) is 4.62. The molecule has 3 rings (SSSR count). The number of ether oxygens (including phenoxy) is 1. The molecule has 0 N–H and O–H groups in total. The molecule has 86 valence electrons. The van der Waals surface area contributed by atoms with Crippen LogP contribution in [0, 0.1) is 0 Å². The summed E-state index contributed by atoms with van der Waals surface area (Å²) in [4.78, 5) is 0. The molecule has 0 amide bonds. The minimum atomic E-state index is 0.326. The van der Waals surface area contributed by atoms with E-state index in [1.54, 1.807) is 0 Å². The van der Waals surface area contributed by atoms with Gasteiger partial charge in [0, 0.05) is 6.42 Å². The predicted molar refractivity (Wildman–Crippen MR) is 69.3 cm³/mol. The summed E-state index contributed by atoms with van der Waals surface area (Å²) in [6.07, 6.45) is 3.58. The average Bonchev–Trinajstić information content (AvgIpc) is 2.40. The Morgan fingerprint density at radius 1 is 0.941 bits per heavy atom. The minimum absolute atomic E-state index is 0.326. The number of hydrogen-bond donors (Lipinski definition) is 0. The Morgan fingerprint density at radius 2 is 1.71 bits per heavy atom. The maximum absolute atomic E-state index is 6.04. The Labute approximate surface area is 102 Å². The highest BCUT2D eigenvalue weighted by Crippen LogP contribution is 2.28. The lowest BCUT2D eigenvalue weighted by atomic mass is 9.98. The standard InChI is InChI=1S/C16H16O/c1-2-6-13(7-3-1)12-15-11-10-14-8-4-5-9-16(14)17-15/h1-9,15H,10-12H2/t15-/m0/s1. The first-order valence-electron chi connectivity index (χ1n) is 6.20. The molecule has 2 aromatic carbocycles. The van der Waals surface area contributed by atoms with E-state index >= 15 is 0 Å². The number of aryl methyl sites for hydroxylation is 1. The van der Waals surface area contributed by atoms with Crippen LogP contribution in [0.4, 0.5) is 0 Å².